The maximum absolute atomic E-state index is 10.0. The number of aromatic hydroxyl groups is 1. The zero-order valence-corrected chi connectivity index (χ0v) is 11.7. The van der Waals surface area contributed by atoms with E-state index < -0.39 is 0 Å². The topological polar surface area (TPSA) is 32.6 Å². The average Bonchev–Trinajstić information content (AvgIpc) is 2.43. The molecule has 3 rings (SSSR count). The minimum atomic E-state index is 0.378. The van der Waals surface area contributed by atoms with Crippen molar-refractivity contribution in [3.8, 4) is 5.75 Å². The molecule has 2 heteroatoms. The van der Waals surface area contributed by atoms with Crippen molar-refractivity contribution in [2.45, 2.75) is 51.5 Å². The molecule has 1 N–H and O–H groups in total. The molecule has 102 valence electrons. The molecule has 0 aliphatic heterocycles. The number of hydrogen-bond donors (Lipinski definition) is 1. The third kappa shape index (κ3) is 2.68. The molecular weight excluding hydrogens is 234 g/mol. The number of para-hydroxylation sites is 1. The van der Waals surface area contributed by atoms with Crippen molar-refractivity contribution in [1.29, 1.82) is 0 Å². The molecule has 3 atom stereocenters. The highest BCUT2D eigenvalue weighted by molar-refractivity contribution is 5.84. The fraction of sp³-hybridized carbons (Fsp3) is 0.588. The second-order valence-electron chi connectivity index (χ2n) is 6.23. The van der Waals surface area contributed by atoms with Gasteiger partial charge in [-0.05, 0) is 56.1 Å². The van der Waals surface area contributed by atoms with Gasteiger partial charge in [-0.3, -0.25) is 4.99 Å². The van der Waals surface area contributed by atoms with E-state index in [-0.39, 0.29) is 0 Å². The van der Waals surface area contributed by atoms with Crippen LogP contribution in [-0.2, 0) is 0 Å². The third-order valence-electron chi connectivity index (χ3n) is 4.91. The van der Waals surface area contributed by atoms with Gasteiger partial charge >= 0.3 is 0 Å². The molecule has 2 aliphatic carbocycles. The second-order valence-corrected chi connectivity index (χ2v) is 6.23. The van der Waals surface area contributed by atoms with Crippen LogP contribution in [0.1, 0.15) is 49.7 Å². The number of benzene rings is 1. The van der Waals surface area contributed by atoms with Crippen molar-refractivity contribution in [2.24, 2.45) is 16.8 Å². The van der Waals surface area contributed by atoms with Gasteiger partial charge in [0.1, 0.15) is 5.75 Å². The summed E-state index contributed by atoms with van der Waals surface area (Å²) in [4.78, 5) is 4.79. The molecule has 0 spiro atoms. The molecule has 0 aromatic heterocycles. The molecule has 0 saturated heterocycles. The van der Waals surface area contributed by atoms with E-state index in [1.54, 1.807) is 0 Å². The Hall–Kier alpha value is -1.31. The van der Waals surface area contributed by atoms with Crippen LogP contribution >= 0.6 is 0 Å². The predicted molar refractivity (Wildman–Crippen MR) is 78.9 cm³/mol. The monoisotopic (exact) mass is 257 g/mol. The van der Waals surface area contributed by atoms with E-state index in [0.717, 1.165) is 23.0 Å². The number of aliphatic imine (C=N–C) groups is 1. The first-order chi connectivity index (χ1) is 9.24. The SMILES string of the molecule is Cc1cccc(C=NC2CCC3CCCC2C3)c1O. The standard InChI is InChI=1S/C17H23NO/c1-12-4-2-7-15(17(12)19)11-18-16-9-8-13-5-3-6-14(16)10-13/h2,4,7,11,13-14,16,19H,3,5-6,8-10H2,1H3. The van der Waals surface area contributed by atoms with Crippen LogP contribution in [0.15, 0.2) is 23.2 Å². The number of nitrogens with zero attached hydrogens (tertiary/aromatic N) is 1. The summed E-state index contributed by atoms with van der Waals surface area (Å²) in [5.74, 6) is 2.14. The first kappa shape index (κ1) is 12.7. The fourth-order valence-electron chi connectivity index (χ4n) is 3.74. The second kappa shape index (κ2) is 5.36. The Kier molecular flexibility index (Phi) is 3.58. The Morgan fingerprint density at radius 2 is 2.11 bits per heavy atom. The summed E-state index contributed by atoms with van der Waals surface area (Å²) in [6, 6.07) is 6.34. The number of aryl methyl sites for hydroxylation is 1. The van der Waals surface area contributed by atoms with Crippen molar-refractivity contribution in [1.82, 2.24) is 0 Å². The van der Waals surface area contributed by atoms with E-state index in [1.807, 2.05) is 31.3 Å². The Morgan fingerprint density at radius 1 is 1.21 bits per heavy atom. The van der Waals surface area contributed by atoms with Gasteiger partial charge in [0.15, 0.2) is 0 Å². The Balaban J connectivity index is 1.73. The van der Waals surface area contributed by atoms with Gasteiger partial charge in [-0.1, -0.05) is 25.0 Å². The summed E-state index contributed by atoms with van der Waals surface area (Å²) in [7, 11) is 0. The van der Waals surface area contributed by atoms with Crippen LogP contribution in [0.3, 0.4) is 0 Å². The van der Waals surface area contributed by atoms with Gasteiger partial charge in [-0.2, -0.15) is 0 Å². The van der Waals surface area contributed by atoms with Gasteiger partial charge in [-0.15, -0.1) is 0 Å². The maximum atomic E-state index is 10.0. The van der Waals surface area contributed by atoms with Gasteiger partial charge in [0.05, 0.1) is 6.04 Å². The molecule has 2 aliphatic rings. The van der Waals surface area contributed by atoms with Crippen LogP contribution in [-0.4, -0.2) is 17.4 Å². The zero-order valence-electron chi connectivity index (χ0n) is 11.7. The lowest BCUT2D eigenvalue weighted by molar-refractivity contribution is 0.167. The smallest absolute Gasteiger partial charge is 0.127 e. The van der Waals surface area contributed by atoms with Gasteiger partial charge in [0, 0.05) is 11.8 Å². The summed E-state index contributed by atoms with van der Waals surface area (Å²) >= 11 is 0. The van der Waals surface area contributed by atoms with E-state index >= 15 is 0 Å². The van der Waals surface area contributed by atoms with Crippen molar-refractivity contribution in [3.63, 3.8) is 0 Å². The van der Waals surface area contributed by atoms with Crippen LogP contribution in [0.2, 0.25) is 0 Å². The molecule has 19 heavy (non-hydrogen) atoms. The molecular formula is C17H23NO. The zero-order chi connectivity index (χ0) is 13.2. The van der Waals surface area contributed by atoms with Crippen LogP contribution in [0.25, 0.3) is 0 Å². The Labute approximate surface area is 115 Å². The van der Waals surface area contributed by atoms with E-state index in [9.17, 15) is 5.11 Å². The van der Waals surface area contributed by atoms with E-state index in [2.05, 4.69) is 0 Å². The third-order valence-corrected chi connectivity index (χ3v) is 4.91. The average molecular weight is 257 g/mol. The molecule has 1 aromatic carbocycles. The summed E-state index contributed by atoms with van der Waals surface area (Å²) in [5.41, 5.74) is 1.78. The number of hydrogen-bond acceptors (Lipinski definition) is 2. The number of phenols is 1. The highest BCUT2D eigenvalue weighted by Gasteiger charge is 2.32. The van der Waals surface area contributed by atoms with Gasteiger partial charge in [0.25, 0.3) is 0 Å². The van der Waals surface area contributed by atoms with Crippen LogP contribution in [0.4, 0.5) is 0 Å². The molecule has 2 fully saturated rings. The number of phenolic OH excluding ortho intramolecular Hbond substituents is 1. The molecule has 0 heterocycles. The van der Waals surface area contributed by atoms with Crippen molar-refractivity contribution in [2.75, 3.05) is 0 Å². The molecule has 3 unspecified atom stereocenters. The first-order valence-corrected chi connectivity index (χ1v) is 7.56. The lowest BCUT2D eigenvalue weighted by atomic mass is 9.70. The lowest BCUT2D eigenvalue weighted by Gasteiger charge is -2.38. The van der Waals surface area contributed by atoms with Crippen molar-refractivity contribution < 1.29 is 5.11 Å². The van der Waals surface area contributed by atoms with Crippen molar-refractivity contribution >= 4 is 6.21 Å². The normalized spacial score (nSPS) is 30.7. The van der Waals surface area contributed by atoms with Crippen LogP contribution in [0, 0.1) is 18.8 Å². The molecule has 0 amide bonds. The summed E-state index contributed by atoms with van der Waals surface area (Å²) < 4.78 is 0. The van der Waals surface area contributed by atoms with Crippen molar-refractivity contribution in [3.05, 3.63) is 29.3 Å². The van der Waals surface area contributed by atoms with Gasteiger partial charge in [-0.25, -0.2) is 0 Å². The molecule has 2 bridgehead atoms. The minimum absolute atomic E-state index is 0.378. The van der Waals surface area contributed by atoms with E-state index in [1.165, 1.54) is 38.5 Å². The van der Waals surface area contributed by atoms with Crippen LogP contribution < -0.4 is 0 Å². The van der Waals surface area contributed by atoms with Crippen LogP contribution in [0.5, 0.6) is 5.75 Å². The highest BCUT2D eigenvalue weighted by Crippen LogP contribution is 2.41. The Bertz CT molecular complexity index is 480. The Morgan fingerprint density at radius 3 is 3.00 bits per heavy atom. The largest absolute Gasteiger partial charge is 0.507 e. The quantitative estimate of drug-likeness (QED) is 0.795. The molecule has 2 nitrogen and oxygen atoms in total. The molecule has 2 saturated carbocycles. The minimum Gasteiger partial charge on any atom is -0.507 e. The highest BCUT2D eigenvalue weighted by atomic mass is 16.3. The predicted octanol–water partition coefficient (Wildman–Crippen LogP) is 4.09. The molecule has 1 aromatic rings. The summed E-state index contributed by atoms with van der Waals surface area (Å²) in [5, 5.41) is 10.0. The summed E-state index contributed by atoms with van der Waals surface area (Å²) in [6.07, 6.45) is 10.0. The first-order valence-electron chi connectivity index (χ1n) is 7.56. The fourth-order valence-corrected chi connectivity index (χ4v) is 3.74. The number of rotatable bonds is 2. The van der Waals surface area contributed by atoms with E-state index in [4.69, 9.17) is 4.99 Å². The molecule has 0 radical (unpaired) electrons. The number of fused-ring (bicyclic) bond motifs is 2. The maximum Gasteiger partial charge on any atom is 0.127 e. The lowest BCUT2D eigenvalue weighted by Crippen LogP contribution is -2.31. The van der Waals surface area contributed by atoms with E-state index in [0.29, 0.717) is 11.8 Å². The van der Waals surface area contributed by atoms with Gasteiger partial charge in [0.2, 0.25) is 0 Å². The summed E-state index contributed by atoms with van der Waals surface area (Å²) in [6.45, 7) is 1.93. The van der Waals surface area contributed by atoms with Gasteiger partial charge < -0.3 is 5.11 Å².